The lowest BCUT2D eigenvalue weighted by molar-refractivity contribution is -0.144. The molecule has 21 heavy (non-hydrogen) atoms. The topological polar surface area (TPSA) is 78.9 Å². The summed E-state index contributed by atoms with van der Waals surface area (Å²) >= 11 is 0. The number of carbonyl (C=O) groups excluding carboxylic acids is 1. The van der Waals surface area contributed by atoms with Crippen molar-refractivity contribution in [1.29, 1.82) is 0 Å². The third-order valence-electron chi connectivity index (χ3n) is 2.84. The van der Waals surface area contributed by atoms with E-state index in [2.05, 4.69) is 8.92 Å². The highest BCUT2D eigenvalue weighted by molar-refractivity contribution is 7.87. The van der Waals surface area contributed by atoms with Crippen LogP contribution in [0.15, 0.2) is 11.5 Å². The number of esters is 1. The Labute approximate surface area is 120 Å². The van der Waals surface area contributed by atoms with Gasteiger partial charge in [0.25, 0.3) is 0 Å². The number of rotatable bonds is 5. The zero-order valence-electron chi connectivity index (χ0n) is 11.6. The van der Waals surface area contributed by atoms with E-state index >= 15 is 0 Å². The van der Waals surface area contributed by atoms with Crippen molar-refractivity contribution in [3.05, 3.63) is 11.5 Å². The normalized spacial score (nSPS) is 23.0. The molecule has 0 aromatic rings. The summed E-state index contributed by atoms with van der Waals surface area (Å²) in [5, 5.41) is 0. The molecule has 1 aliphatic rings. The van der Waals surface area contributed by atoms with Crippen LogP contribution >= 0.6 is 0 Å². The van der Waals surface area contributed by atoms with Crippen molar-refractivity contribution >= 4 is 16.1 Å². The molecule has 0 aromatic heterocycles. The minimum absolute atomic E-state index is 0.0478. The van der Waals surface area contributed by atoms with Crippen LogP contribution < -0.4 is 0 Å². The predicted octanol–water partition coefficient (Wildman–Crippen LogP) is 2.22. The highest BCUT2D eigenvalue weighted by Crippen LogP contribution is 2.39. The van der Waals surface area contributed by atoms with Gasteiger partial charge in [0.15, 0.2) is 5.76 Å². The summed E-state index contributed by atoms with van der Waals surface area (Å²) in [6, 6.07) is 0. The summed E-state index contributed by atoms with van der Waals surface area (Å²) in [6.07, 6.45) is 0.0434. The van der Waals surface area contributed by atoms with Crippen LogP contribution in [0.3, 0.4) is 0 Å². The Morgan fingerprint density at radius 1 is 1.38 bits per heavy atom. The van der Waals surface area contributed by atoms with Gasteiger partial charge in [0.05, 0.1) is 13.0 Å². The first-order chi connectivity index (χ1) is 9.46. The van der Waals surface area contributed by atoms with E-state index in [0.29, 0.717) is 6.42 Å². The van der Waals surface area contributed by atoms with Crippen LogP contribution in [0.5, 0.6) is 0 Å². The zero-order chi connectivity index (χ0) is 16.5. The average Bonchev–Trinajstić information content (AvgIpc) is 2.65. The molecule has 122 valence electrons. The molecule has 6 nitrogen and oxygen atoms in total. The van der Waals surface area contributed by atoms with Gasteiger partial charge in [-0.1, -0.05) is 6.92 Å². The second-order valence-electron chi connectivity index (χ2n) is 4.54. The largest absolute Gasteiger partial charge is 0.534 e. The second kappa shape index (κ2) is 5.74. The van der Waals surface area contributed by atoms with Crippen LogP contribution in [-0.2, 0) is 28.6 Å². The lowest BCUT2D eigenvalue weighted by atomic mass is 10.00. The maximum Gasteiger partial charge on any atom is 0.534 e. The van der Waals surface area contributed by atoms with Crippen LogP contribution in [0.1, 0.15) is 33.6 Å². The van der Waals surface area contributed by atoms with E-state index in [4.69, 9.17) is 4.74 Å². The van der Waals surface area contributed by atoms with Crippen molar-refractivity contribution in [3.63, 3.8) is 0 Å². The first-order valence-electron chi connectivity index (χ1n) is 6.06. The maximum absolute atomic E-state index is 12.3. The number of hydrogen-bond acceptors (Lipinski definition) is 6. The van der Waals surface area contributed by atoms with E-state index in [9.17, 15) is 26.4 Å². The minimum Gasteiger partial charge on any atom is -0.477 e. The molecule has 0 N–H and O–H groups in total. The molecule has 0 aliphatic carbocycles. The van der Waals surface area contributed by atoms with Crippen molar-refractivity contribution < 1.29 is 40.0 Å². The first-order valence-corrected chi connectivity index (χ1v) is 7.46. The molecule has 1 aliphatic heterocycles. The van der Waals surface area contributed by atoms with Crippen molar-refractivity contribution in [2.45, 2.75) is 44.7 Å². The van der Waals surface area contributed by atoms with Crippen molar-refractivity contribution in [3.8, 4) is 0 Å². The van der Waals surface area contributed by atoms with E-state index in [-0.39, 0.29) is 13.0 Å². The van der Waals surface area contributed by atoms with Gasteiger partial charge in [0.1, 0.15) is 5.60 Å². The van der Waals surface area contributed by atoms with Gasteiger partial charge in [-0.2, -0.15) is 21.6 Å². The van der Waals surface area contributed by atoms with E-state index in [0.717, 1.165) is 0 Å². The maximum atomic E-state index is 12.3. The van der Waals surface area contributed by atoms with E-state index in [1.807, 2.05) is 0 Å². The molecule has 1 atom stereocenters. The summed E-state index contributed by atoms with van der Waals surface area (Å²) in [5.74, 6) is -2.41. The fourth-order valence-electron chi connectivity index (χ4n) is 1.56. The van der Waals surface area contributed by atoms with Crippen LogP contribution in [0.25, 0.3) is 0 Å². The number of carbonyl (C=O) groups is 1. The van der Waals surface area contributed by atoms with E-state index in [1.165, 1.54) is 13.8 Å². The Morgan fingerprint density at radius 3 is 2.38 bits per heavy atom. The van der Waals surface area contributed by atoms with E-state index in [1.54, 1.807) is 6.92 Å². The molecule has 0 saturated heterocycles. The molecule has 1 heterocycles. The number of halogens is 3. The van der Waals surface area contributed by atoms with Crippen molar-refractivity contribution in [2.24, 2.45) is 0 Å². The van der Waals surface area contributed by atoms with Crippen molar-refractivity contribution in [2.75, 3.05) is 6.61 Å². The molecule has 0 aromatic carbocycles. The van der Waals surface area contributed by atoms with Crippen LogP contribution in [-0.4, -0.2) is 32.1 Å². The molecular weight excluding hydrogens is 317 g/mol. The fourth-order valence-corrected chi connectivity index (χ4v) is 2.05. The molecule has 0 amide bonds. The second-order valence-corrected chi connectivity index (χ2v) is 6.08. The molecule has 1 rings (SSSR count). The van der Waals surface area contributed by atoms with Gasteiger partial charge in [-0.3, -0.25) is 0 Å². The Kier molecular flexibility index (Phi) is 4.81. The first kappa shape index (κ1) is 17.6. The minimum atomic E-state index is -5.87. The molecule has 0 spiro atoms. The van der Waals surface area contributed by atoms with Crippen LogP contribution in [0.4, 0.5) is 13.2 Å². The monoisotopic (exact) mass is 332 g/mol. The Hall–Kier alpha value is -1.45. The SMILES string of the molecule is CCOC(=O)C1=C(OS(=O)(=O)C(F)(F)F)CC(C)(CC)O1. The molecule has 10 heteroatoms. The Morgan fingerprint density at radius 2 is 1.95 bits per heavy atom. The standard InChI is InChI=1S/C11H15F3O6S/c1-4-10(3)6-7(8(19-10)9(15)18-5-2)20-21(16,17)11(12,13)14/h4-6H2,1-3H3. The highest BCUT2D eigenvalue weighted by atomic mass is 32.2. The van der Waals surface area contributed by atoms with Crippen LogP contribution in [0.2, 0.25) is 0 Å². The van der Waals surface area contributed by atoms with Crippen molar-refractivity contribution in [1.82, 2.24) is 0 Å². The third kappa shape index (κ3) is 3.80. The van der Waals surface area contributed by atoms with Gasteiger partial charge in [-0.25, -0.2) is 4.79 Å². The molecule has 0 bridgehead atoms. The van der Waals surface area contributed by atoms with Crippen LogP contribution in [0, 0.1) is 0 Å². The Balaban J connectivity index is 3.14. The average molecular weight is 332 g/mol. The summed E-state index contributed by atoms with van der Waals surface area (Å²) in [5.41, 5.74) is -6.62. The molecule has 0 radical (unpaired) electrons. The van der Waals surface area contributed by atoms with Gasteiger partial charge in [-0.05, 0) is 20.3 Å². The fraction of sp³-hybridized carbons (Fsp3) is 0.727. The molecular formula is C11H15F3O6S. The molecule has 0 fully saturated rings. The van der Waals surface area contributed by atoms with Gasteiger partial charge >= 0.3 is 21.6 Å². The zero-order valence-corrected chi connectivity index (χ0v) is 12.4. The van der Waals surface area contributed by atoms with E-state index < -0.39 is 38.7 Å². The summed E-state index contributed by atoms with van der Waals surface area (Å²) < 4.78 is 73.0. The smallest absolute Gasteiger partial charge is 0.477 e. The van der Waals surface area contributed by atoms with Gasteiger partial charge in [-0.15, -0.1) is 0 Å². The third-order valence-corrected chi connectivity index (χ3v) is 3.83. The summed E-state index contributed by atoms with van der Waals surface area (Å²) in [7, 11) is -5.87. The Bertz CT molecular complexity index is 551. The highest BCUT2D eigenvalue weighted by Gasteiger charge is 2.51. The van der Waals surface area contributed by atoms with Gasteiger partial charge < -0.3 is 13.7 Å². The van der Waals surface area contributed by atoms with Gasteiger partial charge in [0, 0.05) is 0 Å². The lowest BCUT2D eigenvalue weighted by Crippen LogP contribution is -2.26. The summed E-state index contributed by atoms with van der Waals surface area (Å²) in [6.45, 7) is 4.63. The quantitative estimate of drug-likeness (QED) is 0.436. The molecule has 1 unspecified atom stereocenters. The number of hydrogen-bond donors (Lipinski definition) is 0. The molecule has 0 saturated carbocycles. The number of ether oxygens (including phenoxy) is 2. The lowest BCUT2D eigenvalue weighted by Gasteiger charge is -2.22. The number of alkyl halides is 3. The van der Waals surface area contributed by atoms with Gasteiger partial charge in [0.2, 0.25) is 5.76 Å². The summed E-state index contributed by atoms with van der Waals surface area (Å²) in [4.78, 5) is 11.6. The predicted molar refractivity (Wildman–Crippen MR) is 64.1 cm³/mol.